The minimum Gasteiger partial charge on any atom is -0.491 e. The molecule has 172 valence electrons. The third-order valence-electron chi connectivity index (χ3n) is 5.77. The Kier molecular flexibility index (Phi) is 7.75. The van der Waals surface area contributed by atoms with Gasteiger partial charge in [-0.1, -0.05) is 12.1 Å². The van der Waals surface area contributed by atoms with Crippen molar-refractivity contribution in [3.8, 4) is 5.75 Å². The highest BCUT2D eigenvalue weighted by atomic mass is 16.5. The third-order valence-corrected chi connectivity index (χ3v) is 5.77. The molecule has 2 heterocycles. The number of aliphatic hydroxyl groups excluding tert-OH is 3. The molecule has 0 spiro atoms. The topological polar surface area (TPSA) is 97.0 Å². The molecule has 1 aliphatic rings. The van der Waals surface area contributed by atoms with Crippen LogP contribution >= 0.6 is 0 Å². The van der Waals surface area contributed by atoms with Crippen LogP contribution in [-0.2, 0) is 17.6 Å². The fraction of sp³-hybridized carbons (Fsp3) is 0.625. The van der Waals surface area contributed by atoms with E-state index in [1.165, 1.54) is 0 Å². The Morgan fingerprint density at radius 2 is 1.84 bits per heavy atom. The summed E-state index contributed by atoms with van der Waals surface area (Å²) >= 11 is 0. The zero-order chi connectivity index (χ0) is 22.7. The predicted molar refractivity (Wildman–Crippen MR) is 118 cm³/mol. The molecule has 7 nitrogen and oxygen atoms in total. The lowest BCUT2D eigenvalue weighted by Crippen LogP contribution is -2.50. The first kappa shape index (κ1) is 23.7. The lowest BCUT2D eigenvalue weighted by molar-refractivity contribution is -0.176. The van der Waals surface area contributed by atoms with E-state index in [9.17, 15) is 15.3 Å². The highest BCUT2D eigenvalue weighted by molar-refractivity contribution is 5.36. The molecule has 1 aromatic heterocycles. The molecule has 4 atom stereocenters. The van der Waals surface area contributed by atoms with Gasteiger partial charge in [0.05, 0.1) is 36.7 Å². The number of hydrogen-bond acceptors (Lipinski definition) is 6. The van der Waals surface area contributed by atoms with Crippen LogP contribution in [0.2, 0.25) is 0 Å². The maximum atomic E-state index is 10.5. The predicted octanol–water partition coefficient (Wildman–Crippen LogP) is 2.56. The Morgan fingerprint density at radius 3 is 2.42 bits per heavy atom. The zero-order valence-corrected chi connectivity index (χ0v) is 19.2. The first-order chi connectivity index (χ1) is 14.7. The van der Waals surface area contributed by atoms with Gasteiger partial charge in [0, 0.05) is 36.6 Å². The molecule has 0 radical (unpaired) electrons. The Bertz CT molecular complexity index is 846. The molecule has 31 heavy (non-hydrogen) atoms. The van der Waals surface area contributed by atoms with Crippen LogP contribution < -0.4 is 4.74 Å². The van der Waals surface area contributed by atoms with Crippen molar-refractivity contribution in [3.05, 3.63) is 46.8 Å². The van der Waals surface area contributed by atoms with Crippen LogP contribution in [0.15, 0.2) is 24.3 Å². The Morgan fingerprint density at radius 1 is 1.16 bits per heavy atom. The lowest BCUT2D eigenvalue weighted by Gasteiger charge is -2.36. The van der Waals surface area contributed by atoms with E-state index in [-0.39, 0.29) is 25.2 Å². The van der Waals surface area contributed by atoms with Crippen molar-refractivity contribution in [1.29, 1.82) is 0 Å². The normalized spacial score (nSPS) is 24.2. The number of hydrogen-bond donors (Lipinski definition) is 3. The van der Waals surface area contributed by atoms with Gasteiger partial charge in [-0.3, -0.25) is 4.68 Å². The van der Waals surface area contributed by atoms with Gasteiger partial charge in [-0.15, -0.1) is 0 Å². The molecule has 1 aromatic carbocycles. The average Bonchev–Trinajstić information content (AvgIpc) is 3.02. The molecule has 1 aliphatic heterocycles. The van der Waals surface area contributed by atoms with Gasteiger partial charge >= 0.3 is 0 Å². The summed E-state index contributed by atoms with van der Waals surface area (Å²) in [4.78, 5) is 0. The van der Waals surface area contributed by atoms with Crippen LogP contribution in [0.3, 0.4) is 0 Å². The molecule has 1 fully saturated rings. The molecule has 0 unspecified atom stereocenters. The van der Waals surface area contributed by atoms with E-state index in [4.69, 9.17) is 14.6 Å². The van der Waals surface area contributed by atoms with Crippen molar-refractivity contribution >= 4 is 0 Å². The van der Waals surface area contributed by atoms with Crippen LogP contribution in [-0.4, -0.2) is 62.2 Å². The van der Waals surface area contributed by atoms with Crippen LogP contribution in [0, 0.1) is 6.92 Å². The van der Waals surface area contributed by atoms with E-state index in [0.717, 1.165) is 28.3 Å². The summed E-state index contributed by atoms with van der Waals surface area (Å²) < 4.78 is 13.6. The number of nitrogens with zero attached hydrogens (tertiary/aromatic N) is 2. The minimum atomic E-state index is -1.01. The van der Waals surface area contributed by atoms with E-state index >= 15 is 0 Å². The molecule has 3 rings (SSSR count). The lowest BCUT2D eigenvalue weighted by atomic mass is 9.93. The van der Waals surface area contributed by atoms with Gasteiger partial charge in [-0.25, -0.2) is 0 Å². The van der Waals surface area contributed by atoms with Gasteiger partial charge in [0.2, 0.25) is 0 Å². The van der Waals surface area contributed by atoms with Crippen molar-refractivity contribution in [3.63, 3.8) is 0 Å². The summed E-state index contributed by atoms with van der Waals surface area (Å²) in [6.07, 6.45) is -1.59. The summed E-state index contributed by atoms with van der Waals surface area (Å²) in [5.41, 5.74) is 4.17. The second-order valence-corrected chi connectivity index (χ2v) is 9.01. The molecule has 0 bridgehead atoms. The summed E-state index contributed by atoms with van der Waals surface area (Å²) in [5, 5.41) is 35.0. The van der Waals surface area contributed by atoms with E-state index in [0.29, 0.717) is 12.8 Å². The highest BCUT2D eigenvalue weighted by Gasteiger charge is 2.37. The summed E-state index contributed by atoms with van der Waals surface area (Å²) in [6.45, 7) is 10.1. The monoisotopic (exact) mass is 432 g/mol. The third kappa shape index (κ3) is 5.66. The van der Waals surface area contributed by atoms with Crippen molar-refractivity contribution in [1.82, 2.24) is 9.78 Å². The van der Waals surface area contributed by atoms with E-state index in [1.54, 1.807) is 0 Å². The van der Waals surface area contributed by atoms with Crippen molar-refractivity contribution < 1.29 is 24.8 Å². The first-order valence-corrected chi connectivity index (χ1v) is 11.1. The Hall–Kier alpha value is -1.93. The number of rotatable bonds is 8. The summed E-state index contributed by atoms with van der Waals surface area (Å²) in [6, 6.07) is 8.28. The fourth-order valence-corrected chi connectivity index (χ4v) is 4.19. The average molecular weight is 433 g/mol. The molecule has 7 heteroatoms. The summed E-state index contributed by atoms with van der Waals surface area (Å²) in [7, 11) is 0. The second-order valence-electron chi connectivity index (χ2n) is 9.01. The van der Waals surface area contributed by atoms with Gasteiger partial charge in [-0.2, -0.15) is 5.10 Å². The van der Waals surface area contributed by atoms with Gasteiger partial charge in [0.1, 0.15) is 11.9 Å². The maximum Gasteiger partial charge on any atom is 0.119 e. The van der Waals surface area contributed by atoms with Gasteiger partial charge < -0.3 is 24.8 Å². The maximum absolute atomic E-state index is 10.5. The Labute approximate surface area is 184 Å². The van der Waals surface area contributed by atoms with E-state index in [2.05, 4.69) is 32.9 Å². The van der Waals surface area contributed by atoms with Gasteiger partial charge in [-0.05, 0) is 52.3 Å². The van der Waals surface area contributed by atoms with Gasteiger partial charge in [0.25, 0.3) is 0 Å². The largest absolute Gasteiger partial charge is 0.491 e. The van der Waals surface area contributed by atoms with E-state index < -0.39 is 24.4 Å². The van der Waals surface area contributed by atoms with Crippen LogP contribution in [0.5, 0.6) is 5.75 Å². The Balaban J connectivity index is 1.86. The molecule has 0 amide bonds. The van der Waals surface area contributed by atoms with E-state index in [1.807, 2.05) is 30.7 Å². The standard InChI is InChI=1S/C24H36N2O5/c1-14(2)26-16(5)20(10-17-6-8-18(9-7-17)30-15(3)4)21(25-26)12-23-24(29)22(28)11-19(13-27)31-23/h6-9,14-15,19,22-24,27-29H,10-13H2,1-5H3/t19-,22-,23-,24+/m0/s1. The van der Waals surface area contributed by atoms with Crippen LogP contribution in [0.25, 0.3) is 0 Å². The van der Waals surface area contributed by atoms with Crippen molar-refractivity contribution in [2.75, 3.05) is 6.61 Å². The molecular weight excluding hydrogens is 396 g/mol. The summed E-state index contributed by atoms with van der Waals surface area (Å²) in [5.74, 6) is 0.844. The molecule has 2 aromatic rings. The number of aliphatic hydroxyl groups is 3. The molecule has 0 saturated carbocycles. The smallest absolute Gasteiger partial charge is 0.119 e. The van der Waals surface area contributed by atoms with Crippen LogP contribution in [0.1, 0.15) is 62.7 Å². The minimum absolute atomic E-state index is 0.129. The number of aromatic nitrogens is 2. The quantitative estimate of drug-likeness (QED) is 0.593. The second kappa shape index (κ2) is 10.1. The number of benzene rings is 1. The highest BCUT2D eigenvalue weighted by Crippen LogP contribution is 2.28. The number of ether oxygens (including phenoxy) is 2. The molecule has 1 saturated heterocycles. The molecule has 0 aliphatic carbocycles. The van der Waals surface area contributed by atoms with Crippen molar-refractivity contribution in [2.24, 2.45) is 0 Å². The van der Waals surface area contributed by atoms with Crippen molar-refractivity contribution in [2.45, 2.75) is 90.4 Å². The molecule has 3 N–H and O–H groups in total. The first-order valence-electron chi connectivity index (χ1n) is 11.1. The van der Waals surface area contributed by atoms with Crippen LogP contribution in [0.4, 0.5) is 0 Å². The zero-order valence-electron chi connectivity index (χ0n) is 19.2. The molecular formula is C24H36N2O5. The SMILES string of the molecule is Cc1c(Cc2ccc(OC(C)C)cc2)c(C[C@@H]2O[C@H](CO)C[C@H](O)[C@H]2O)nn1C(C)C. The fourth-order valence-electron chi connectivity index (χ4n) is 4.19. The van der Waals surface area contributed by atoms with Gasteiger partial charge in [0.15, 0.2) is 0 Å².